The van der Waals surface area contributed by atoms with E-state index in [-0.39, 0.29) is 0 Å². The van der Waals surface area contributed by atoms with Crippen LogP contribution in [-0.2, 0) is 0 Å². The van der Waals surface area contributed by atoms with E-state index in [2.05, 4.69) is 20.6 Å². The third-order valence-corrected chi connectivity index (χ3v) is 1.55. The minimum Gasteiger partial charge on any atom is -0.492 e. The Labute approximate surface area is 73.3 Å². The minimum atomic E-state index is 0.400. The zero-order chi connectivity index (χ0) is 9.26. The largest absolute Gasteiger partial charge is 0.492 e. The fourth-order valence-corrected chi connectivity index (χ4v) is 0.947. The summed E-state index contributed by atoms with van der Waals surface area (Å²) in [6.07, 6.45) is 0. The molecule has 0 radical (unpaired) electrons. The van der Waals surface area contributed by atoms with Gasteiger partial charge in [0.1, 0.15) is 0 Å². The lowest BCUT2D eigenvalue weighted by molar-refractivity contribution is 0.372. The average molecular weight is 181 g/mol. The van der Waals surface area contributed by atoms with Crippen LogP contribution in [0.5, 0.6) is 11.6 Å². The molecule has 0 spiro atoms. The maximum Gasteiger partial charge on any atom is 0.241 e. The Hall–Kier alpha value is -1.92. The van der Waals surface area contributed by atoms with Crippen LogP contribution < -0.4 is 9.47 Å². The Bertz CT molecular complexity index is 426. The fraction of sp³-hybridized carbons (Fsp3) is 0.333. The molecule has 2 aromatic rings. The van der Waals surface area contributed by atoms with Gasteiger partial charge in [0.25, 0.3) is 0 Å². The molecule has 0 atom stereocenters. The third kappa shape index (κ3) is 1.13. The molecule has 2 heterocycles. The van der Waals surface area contributed by atoms with E-state index in [4.69, 9.17) is 9.47 Å². The first-order valence-corrected chi connectivity index (χ1v) is 3.52. The van der Waals surface area contributed by atoms with Gasteiger partial charge in [-0.1, -0.05) is 0 Å². The van der Waals surface area contributed by atoms with Gasteiger partial charge in [-0.2, -0.15) is 0 Å². The number of hydrogen-bond donors (Lipinski definition) is 0. The molecule has 0 aliphatic rings. The van der Waals surface area contributed by atoms with Crippen LogP contribution in [-0.4, -0.2) is 39.5 Å². The first-order chi connectivity index (χ1) is 6.35. The Morgan fingerprint density at radius 1 is 1.31 bits per heavy atom. The van der Waals surface area contributed by atoms with Gasteiger partial charge in [0, 0.05) is 6.07 Å². The number of ether oxygens (including phenoxy) is 2. The molecule has 0 unspecified atom stereocenters. The molecular formula is C6H7N5O2. The number of aromatic nitrogens is 5. The molecule has 0 amide bonds. The highest BCUT2D eigenvalue weighted by Crippen LogP contribution is 2.19. The molecular weight excluding hydrogens is 174 g/mol. The summed E-state index contributed by atoms with van der Waals surface area (Å²) in [5.41, 5.74) is 0.461. The van der Waals surface area contributed by atoms with Crippen LogP contribution in [0.4, 0.5) is 0 Å². The van der Waals surface area contributed by atoms with Crippen molar-refractivity contribution in [1.82, 2.24) is 25.3 Å². The van der Waals surface area contributed by atoms with Crippen LogP contribution in [0, 0.1) is 0 Å². The highest BCUT2D eigenvalue weighted by Gasteiger charge is 2.08. The summed E-state index contributed by atoms with van der Waals surface area (Å²) in [6, 6.07) is 1.62. The van der Waals surface area contributed by atoms with E-state index >= 15 is 0 Å². The van der Waals surface area contributed by atoms with Crippen molar-refractivity contribution in [1.29, 1.82) is 0 Å². The van der Waals surface area contributed by atoms with E-state index in [1.54, 1.807) is 6.07 Å². The maximum atomic E-state index is 5.04. The van der Waals surface area contributed by atoms with Gasteiger partial charge in [0.2, 0.25) is 11.5 Å². The topological polar surface area (TPSA) is 74.4 Å². The van der Waals surface area contributed by atoms with Gasteiger partial charge in [0.15, 0.2) is 5.75 Å². The second kappa shape index (κ2) is 2.85. The van der Waals surface area contributed by atoms with Crippen molar-refractivity contribution in [2.24, 2.45) is 0 Å². The Morgan fingerprint density at radius 2 is 2.15 bits per heavy atom. The smallest absolute Gasteiger partial charge is 0.241 e. The van der Waals surface area contributed by atoms with Crippen LogP contribution in [0.2, 0.25) is 0 Å². The summed E-state index contributed by atoms with van der Waals surface area (Å²) in [6.45, 7) is 0. The summed E-state index contributed by atoms with van der Waals surface area (Å²) >= 11 is 0. The standard InChI is InChI=1S/C6H7N5O2/c1-12-4-3-5(13-2)8-11-6(4)7-9-10-11/h3H,1-2H3. The maximum absolute atomic E-state index is 5.04. The molecule has 13 heavy (non-hydrogen) atoms. The van der Waals surface area contributed by atoms with Gasteiger partial charge in [-0.3, -0.25) is 0 Å². The summed E-state index contributed by atoms with van der Waals surface area (Å²) < 4.78 is 11.2. The molecule has 0 aliphatic heterocycles. The number of methoxy groups -OCH3 is 2. The molecule has 0 bridgehead atoms. The molecule has 0 N–H and O–H groups in total. The molecule has 2 aromatic heterocycles. The molecule has 0 aliphatic carbocycles. The summed E-state index contributed by atoms with van der Waals surface area (Å²) in [4.78, 5) is 0. The number of hydrogen-bond acceptors (Lipinski definition) is 6. The van der Waals surface area contributed by atoms with Crippen molar-refractivity contribution in [3.05, 3.63) is 6.07 Å². The molecule has 0 aromatic carbocycles. The first-order valence-electron chi connectivity index (χ1n) is 3.52. The van der Waals surface area contributed by atoms with Gasteiger partial charge in [-0.05, 0) is 10.4 Å². The molecule has 0 saturated heterocycles. The van der Waals surface area contributed by atoms with Crippen LogP contribution in [0.3, 0.4) is 0 Å². The monoisotopic (exact) mass is 181 g/mol. The summed E-state index contributed by atoms with van der Waals surface area (Å²) in [7, 11) is 3.04. The predicted octanol–water partition coefficient (Wildman–Crippen LogP) is -0.464. The number of nitrogens with zero attached hydrogens (tertiary/aromatic N) is 5. The Balaban J connectivity index is 2.70. The molecule has 2 rings (SSSR count). The zero-order valence-corrected chi connectivity index (χ0v) is 7.13. The first kappa shape index (κ1) is 7.71. The van der Waals surface area contributed by atoms with Gasteiger partial charge >= 0.3 is 0 Å². The minimum absolute atomic E-state index is 0.400. The lowest BCUT2D eigenvalue weighted by Crippen LogP contribution is -1.99. The fourth-order valence-electron chi connectivity index (χ4n) is 0.947. The van der Waals surface area contributed by atoms with E-state index in [1.165, 1.54) is 18.8 Å². The highest BCUT2D eigenvalue weighted by atomic mass is 16.5. The lowest BCUT2D eigenvalue weighted by Gasteiger charge is -2.02. The summed E-state index contributed by atoms with van der Waals surface area (Å²) in [5.74, 6) is 0.925. The molecule has 0 fully saturated rings. The van der Waals surface area contributed by atoms with E-state index in [9.17, 15) is 0 Å². The van der Waals surface area contributed by atoms with Crippen LogP contribution >= 0.6 is 0 Å². The van der Waals surface area contributed by atoms with Crippen LogP contribution in [0.1, 0.15) is 0 Å². The number of fused-ring (bicyclic) bond motifs is 1. The Kier molecular flexibility index (Phi) is 1.69. The van der Waals surface area contributed by atoms with Gasteiger partial charge in [-0.15, -0.1) is 14.8 Å². The Morgan fingerprint density at radius 3 is 2.85 bits per heavy atom. The summed E-state index contributed by atoms with van der Waals surface area (Å²) in [5, 5.41) is 14.7. The molecule has 7 nitrogen and oxygen atoms in total. The van der Waals surface area contributed by atoms with E-state index in [0.717, 1.165) is 0 Å². The van der Waals surface area contributed by atoms with E-state index in [0.29, 0.717) is 17.3 Å². The van der Waals surface area contributed by atoms with Crippen molar-refractivity contribution in [2.45, 2.75) is 0 Å². The van der Waals surface area contributed by atoms with Gasteiger partial charge < -0.3 is 9.47 Å². The second-order valence-electron chi connectivity index (χ2n) is 2.25. The number of rotatable bonds is 2. The second-order valence-corrected chi connectivity index (χ2v) is 2.25. The van der Waals surface area contributed by atoms with Gasteiger partial charge in [0.05, 0.1) is 14.2 Å². The van der Waals surface area contributed by atoms with E-state index in [1.807, 2.05) is 0 Å². The predicted molar refractivity (Wildman–Crippen MR) is 41.7 cm³/mol. The highest BCUT2D eigenvalue weighted by molar-refractivity contribution is 5.52. The van der Waals surface area contributed by atoms with Crippen LogP contribution in [0.15, 0.2) is 6.07 Å². The molecule has 7 heteroatoms. The van der Waals surface area contributed by atoms with Crippen molar-refractivity contribution < 1.29 is 9.47 Å². The SMILES string of the molecule is COc1cc(OC)c2nnnn2n1. The van der Waals surface area contributed by atoms with Crippen molar-refractivity contribution >= 4 is 5.65 Å². The normalized spacial score (nSPS) is 10.3. The molecule has 0 saturated carbocycles. The quantitative estimate of drug-likeness (QED) is 0.623. The number of tetrazole rings is 1. The average Bonchev–Trinajstić information content (AvgIpc) is 2.63. The van der Waals surface area contributed by atoms with Crippen molar-refractivity contribution in [3.8, 4) is 11.6 Å². The lowest BCUT2D eigenvalue weighted by atomic mass is 10.5. The van der Waals surface area contributed by atoms with Gasteiger partial charge in [-0.25, -0.2) is 0 Å². The zero-order valence-electron chi connectivity index (χ0n) is 7.13. The van der Waals surface area contributed by atoms with Crippen molar-refractivity contribution in [2.75, 3.05) is 14.2 Å². The van der Waals surface area contributed by atoms with Crippen molar-refractivity contribution in [3.63, 3.8) is 0 Å². The molecule has 68 valence electrons. The van der Waals surface area contributed by atoms with E-state index < -0.39 is 0 Å². The van der Waals surface area contributed by atoms with Crippen LogP contribution in [0.25, 0.3) is 5.65 Å². The third-order valence-electron chi connectivity index (χ3n) is 1.55.